The lowest BCUT2D eigenvalue weighted by atomic mass is 10.1. The lowest BCUT2D eigenvalue weighted by Crippen LogP contribution is -2.17. The number of ether oxygens (including phenoxy) is 1. The number of nitrogens with two attached hydrogens (primary N) is 2. The minimum absolute atomic E-state index is 0.256. The van der Waals surface area contributed by atoms with Crippen LogP contribution in [0.3, 0.4) is 0 Å². The van der Waals surface area contributed by atoms with Crippen molar-refractivity contribution in [1.29, 1.82) is 0 Å². The predicted molar refractivity (Wildman–Crippen MR) is 82.7 cm³/mol. The fraction of sp³-hybridized carbons (Fsp3) is 0.0625. The summed E-state index contributed by atoms with van der Waals surface area (Å²) in [4.78, 5) is 4.24. The Morgan fingerprint density at radius 3 is 2.39 bits per heavy atom. The maximum Gasteiger partial charge on any atom is 0.573 e. The number of hydrogen-bond acceptors (Lipinski definition) is 4. The maximum absolute atomic E-state index is 12.3. The van der Waals surface area contributed by atoms with Crippen LogP contribution in [0.2, 0.25) is 0 Å². The Morgan fingerprint density at radius 2 is 1.65 bits per heavy atom. The van der Waals surface area contributed by atoms with Gasteiger partial charge in [0.1, 0.15) is 11.6 Å². The summed E-state index contributed by atoms with van der Waals surface area (Å²) in [5.41, 5.74) is 13.2. The Morgan fingerprint density at radius 1 is 0.913 bits per heavy atom. The van der Waals surface area contributed by atoms with Crippen molar-refractivity contribution in [3.05, 3.63) is 48.5 Å². The van der Waals surface area contributed by atoms with Crippen molar-refractivity contribution in [2.24, 2.45) is 0 Å². The summed E-state index contributed by atoms with van der Waals surface area (Å²) in [5.74, 6) is -0.0663. The van der Waals surface area contributed by atoms with Crippen LogP contribution in [0.25, 0.3) is 22.0 Å². The number of rotatable bonds is 2. The van der Waals surface area contributed by atoms with Gasteiger partial charge in [0, 0.05) is 22.0 Å². The fourth-order valence-corrected chi connectivity index (χ4v) is 2.33. The third-order valence-electron chi connectivity index (χ3n) is 3.30. The van der Waals surface area contributed by atoms with E-state index in [1.807, 2.05) is 0 Å². The van der Waals surface area contributed by atoms with Crippen LogP contribution in [0.15, 0.2) is 48.5 Å². The highest BCUT2D eigenvalue weighted by molar-refractivity contribution is 6.00. The van der Waals surface area contributed by atoms with E-state index in [0.717, 1.165) is 0 Å². The van der Waals surface area contributed by atoms with E-state index in [-0.39, 0.29) is 11.6 Å². The van der Waals surface area contributed by atoms with Gasteiger partial charge in [0.2, 0.25) is 0 Å². The van der Waals surface area contributed by atoms with Crippen LogP contribution >= 0.6 is 0 Å². The van der Waals surface area contributed by atoms with Gasteiger partial charge in [-0.3, -0.25) is 0 Å². The van der Waals surface area contributed by atoms with Crippen LogP contribution in [0, 0.1) is 0 Å². The monoisotopic (exact) mass is 319 g/mol. The summed E-state index contributed by atoms with van der Waals surface area (Å²) in [7, 11) is 0. The first-order valence-electron chi connectivity index (χ1n) is 6.64. The number of fused-ring (bicyclic) bond motifs is 1. The number of anilines is 2. The number of nitrogen functional groups attached to an aromatic ring is 2. The minimum Gasteiger partial charge on any atom is -0.406 e. The van der Waals surface area contributed by atoms with Gasteiger partial charge in [0.05, 0.1) is 5.69 Å². The molecule has 23 heavy (non-hydrogen) atoms. The molecule has 0 amide bonds. The Bertz CT molecular complexity index is 878. The average molecular weight is 319 g/mol. The third kappa shape index (κ3) is 3.13. The van der Waals surface area contributed by atoms with Gasteiger partial charge in [-0.05, 0) is 24.3 Å². The highest BCUT2D eigenvalue weighted by atomic mass is 19.4. The first kappa shape index (κ1) is 15.0. The molecule has 1 heterocycles. The molecule has 118 valence electrons. The fourth-order valence-electron chi connectivity index (χ4n) is 2.33. The molecule has 3 rings (SSSR count). The van der Waals surface area contributed by atoms with E-state index in [2.05, 4.69) is 9.72 Å². The summed E-state index contributed by atoms with van der Waals surface area (Å²) in [5, 5.41) is 1.38. The molecule has 0 aliphatic carbocycles. The molecule has 3 aromatic rings. The predicted octanol–water partition coefficient (Wildman–Crippen LogP) is 3.96. The van der Waals surface area contributed by atoms with Crippen LogP contribution in [-0.2, 0) is 0 Å². The molecule has 1 aromatic heterocycles. The average Bonchev–Trinajstić information content (AvgIpc) is 2.47. The van der Waals surface area contributed by atoms with Crippen LogP contribution in [0.4, 0.5) is 24.7 Å². The second-order valence-electron chi connectivity index (χ2n) is 4.91. The van der Waals surface area contributed by atoms with Crippen LogP contribution in [-0.4, -0.2) is 11.3 Å². The zero-order valence-corrected chi connectivity index (χ0v) is 11.8. The molecule has 7 heteroatoms. The molecule has 4 nitrogen and oxygen atoms in total. The first-order chi connectivity index (χ1) is 10.8. The number of halogens is 3. The van der Waals surface area contributed by atoms with Crippen LogP contribution < -0.4 is 16.2 Å². The van der Waals surface area contributed by atoms with E-state index in [1.54, 1.807) is 30.3 Å². The van der Waals surface area contributed by atoms with Gasteiger partial charge < -0.3 is 16.2 Å². The summed E-state index contributed by atoms with van der Waals surface area (Å²) < 4.78 is 40.9. The van der Waals surface area contributed by atoms with E-state index in [9.17, 15) is 13.2 Å². The first-order valence-corrected chi connectivity index (χ1v) is 6.64. The highest BCUT2D eigenvalue weighted by Crippen LogP contribution is 2.32. The quantitative estimate of drug-likeness (QED) is 0.701. The summed E-state index contributed by atoms with van der Waals surface area (Å²) in [6.45, 7) is 0. The molecule has 0 atom stereocenters. The zero-order chi connectivity index (χ0) is 16.6. The molecule has 0 saturated carbocycles. The topological polar surface area (TPSA) is 74.2 Å². The molecule has 2 aromatic carbocycles. The normalized spacial score (nSPS) is 11.6. The standard InChI is InChI=1S/C16H12F3N3O/c17-16(18,19)23-10-4-1-3-9(7-10)14-8-12-11(15(21)22-14)5-2-6-13(12)20/h1-8H,20H2,(H2,21,22). The Kier molecular flexibility index (Phi) is 3.48. The lowest BCUT2D eigenvalue weighted by molar-refractivity contribution is -0.274. The van der Waals surface area contributed by atoms with E-state index in [0.29, 0.717) is 27.7 Å². The number of alkyl halides is 3. The molecule has 0 aliphatic heterocycles. The molecular formula is C16H12F3N3O. The summed E-state index contributed by atoms with van der Waals surface area (Å²) >= 11 is 0. The Balaban J connectivity index is 2.10. The molecule has 0 spiro atoms. The highest BCUT2D eigenvalue weighted by Gasteiger charge is 2.31. The van der Waals surface area contributed by atoms with Crippen molar-refractivity contribution in [3.63, 3.8) is 0 Å². The van der Waals surface area contributed by atoms with Crippen molar-refractivity contribution >= 4 is 22.3 Å². The summed E-state index contributed by atoms with van der Waals surface area (Å²) in [6.07, 6.45) is -4.75. The number of hydrogen-bond donors (Lipinski definition) is 2. The van der Waals surface area contributed by atoms with E-state index in [1.165, 1.54) is 18.2 Å². The third-order valence-corrected chi connectivity index (χ3v) is 3.30. The van der Waals surface area contributed by atoms with Gasteiger partial charge in [0.15, 0.2) is 0 Å². The van der Waals surface area contributed by atoms with Gasteiger partial charge >= 0.3 is 6.36 Å². The number of benzene rings is 2. The Labute approximate surface area is 129 Å². The second kappa shape index (κ2) is 5.35. The van der Waals surface area contributed by atoms with E-state index >= 15 is 0 Å². The smallest absolute Gasteiger partial charge is 0.406 e. The zero-order valence-electron chi connectivity index (χ0n) is 11.8. The molecular weight excluding hydrogens is 307 g/mol. The lowest BCUT2D eigenvalue weighted by Gasteiger charge is -2.11. The van der Waals surface area contributed by atoms with E-state index < -0.39 is 6.36 Å². The van der Waals surface area contributed by atoms with Crippen LogP contribution in [0.1, 0.15) is 0 Å². The Hall–Kier alpha value is -2.96. The molecule has 0 saturated heterocycles. The van der Waals surface area contributed by atoms with Crippen molar-refractivity contribution in [2.45, 2.75) is 6.36 Å². The largest absolute Gasteiger partial charge is 0.573 e. The molecule has 4 N–H and O–H groups in total. The summed E-state index contributed by atoms with van der Waals surface area (Å²) in [6, 6.07) is 12.5. The number of nitrogens with zero attached hydrogens (tertiary/aromatic N) is 1. The van der Waals surface area contributed by atoms with Crippen molar-refractivity contribution in [2.75, 3.05) is 11.5 Å². The van der Waals surface area contributed by atoms with Gasteiger partial charge in [0.25, 0.3) is 0 Å². The molecule has 0 fully saturated rings. The molecule has 0 aliphatic rings. The van der Waals surface area contributed by atoms with Crippen molar-refractivity contribution in [3.8, 4) is 17.0 Å². The molecule has 0 unspecified atom stereocenters. The van der Waals surface area contributed by atoms with Gasteiger partial charge in [-0.2, -0.15) is 0 Å². The molecule has 0 bridgehead atoms. The van der Waals surface area contributed by atoms with Crippen molar-refractivity contribution < 1.29 is 17.9 Å². The van der Waals surface area contributed by atoms with Gasteiger partial charge in [-0.15, -0.1) is 13.2 Å². The second-order valence-corrected chi connectivity index (χ2v) is 4.91. The van der Waals surface area contributed by atoms with Gasteiger partial charge in [-0.1, -0.05) is 24.3 Å². The van der Waals surface area contributed by atoms with Crippen molar-refractivity contribution in [1.82, 2.24) is 4.98 Å². The maximum atomic E-state index is 12.3. The van der Waals surface area contributed by atoms with Gasteiger partial charge in [-0.25, -0.2) is 4.98 Å². The minimum atomic E-state index is -4.75. The number of pyridine rings is 1. The van der Waals surface area contributed by atoms with Crippen LogP contribution in [0.5, 0.6) is 5.75 Å². The molecule has 0 radical (unpaired) electrons. The number of aromatic nitrogens is 1. The van der Waals surface area contributed by atoms with E-state index in [4.69, 9.17) is 11.5 Å². The SMILES string of the molecule is Nc1cccc2c(N)nc(-c3cccc(OC(F)(F)F)c3)cc12.